The summed E-state index contributed by atoms with van der Waals surface area (Å²) >= 11 is 0. The first-order valence-corrected chi connectivity index (χ1v) is 6.15. The van der Waals surface area contributed by atoms with E-state index in [2.05, 4.69) is 15.2 Å². The van der Waals surface area contributed by atoms with Crippen LogP contribution in [0.1, 0.15) is 29.5 Å². The number of carbonyl (C=O) groups is 2. The smallest absolute Gasteiger partial charge is 0.233 e. The maximum Gasteiger partial charge on any atom is 0.233 e. The van der Waals surface area contributed by atoms with E-state index in [0.29, 0.717) is 18.4 Å². The summed E-state index contributed by atoms with van der Waals surface area (Å²) in [5.41, 5.74) is 0. The van der Waals surface area contributed by atoms with Gasteiger partial charge in [-0.2, -0.15) is 0 Å². The molecule has 2 rings (SSSR count). The minimum absolute atomic E-state index is 0.0460. The third-order valence-electron chi connectivity index (χ3n) is 3.40. The number of likely N-dealkylation sites (N-methyl/N-ethyl adjacent to an activating group) is 1. The van der Waals surface area contributed by atoms with E-state index in [1.807, 2.05) is 10.8 Å². The monoisotopic (exact) mass is 250 g/mol. The van der Waals surface area contributed by atoms with E-state index in [1.165, 1.54) is 0 Å². The molecule has 0 unspecified atom stereocenters. The molecular weight excluding hydrogens is 232 g/mol. The topological polar surface area (TPSA) is 67.2 Å². The molecule has 1 aromatic rings. The van der Waals surface area contributed by atoms with Gasteiger partial charge < -0.3 is 9.88 Å². The predicted octanol–water partition coefficient (Wildman–Crippen LogP) is 0.0785. The van der Waals surface area contributed by atoms with Gasteiger partial charge in [0.25, 0.3) is 0 Å². The SMILES string of the molecule is CNC(=O)CN1CCC(n2ccnc2C=O)CC1. The lowest BCUT2D eigenvalue weighted by atomic mass is 10.0. The first-order chi connectivity index (χ1) is 8.74. The van der Waals surface area contributed by atoms with Gasteiger partial charge in [-0.3, -0.25) is 14.5 Å². The fraction of sp³-hybridized carbons (Fsp3) is 0.583. The fourth-order valence-corrected chi connectivity index (χ4v) is 2.36. The van der Waals surface area contributed by atoms with Crippen molar-refractivity contribution >= 4 is 12.2 Å². The molecule has 0 bridgehead atoms. The molecule has 98 valence electrons. The largest absolute Gasteiger partial charge is 0.358 e. The van der Waals surface area contributed by atoms with Crippen molar-refractivity contribution in [1.29, 1.82) is 0 Å². The van der Waals surface area contributed by atoms with Gasteiger partial charge in [0.2, 0.25) is 5.91 Å². The van der Waals surface area contributed by atoms with Gasteiger partial charge in [0.05, 0.1) is 6.54 Å². The molecule has 1 aliphatic heterocycles. The fourth-order valence-electron chi connectivity index (χ4n) is 2.36. The highest BCUT2D eigenvalue weighted by molar-refractivity contribution is 5.77. The Labute approximate surface area is 106 Å². The first kappa shape index (κ1) is 12.8. The first-order valence-electron chi connectivity index (χ1n) is 6.15. The van der Waals surface area contributed by atoms with Crippen molar-refractivity contribution in [2.24, 2.45) is 0 Å². The highest BCUT2D eigenvalue weighted by atomic mass is 16.2. The Kier molecular flexibility index (Phi) is 4.09. The van der Waals surface area contributed by atoms with Crippen LogP contribution >= 0.6 is 0 Å². The number of rotatable bonds is 4. The summed E-state index contributed by atoms with van der Waals surface area (Å²) in [5.74, 6) is 0.532. The van der Waals surface area contributed by atoms with Crippen LogP contribution in [0.25, 0.3) is 0 Å². The molecule has 1 saturated heterocycles. The molecule has 0 atom stereocenters. The molecule has 1 aliphatic rings. The van der Waals surface area contributed by atoms with Crippen molar-refractivity contribution in [3.8, 4) is 0 Å². The molecular formula is C12H18N4O2. The third kappa shape index (κ3) is 2.76. The van der Waals surface area contributed by atoms with Gasteiger partial charge in [-0.05, 0) is 12.8 Å². The van der Waals surface area contributed by atoms with E-state index >= 15 is 0 Å². The van der Waals surface area contributed by atoms with Crippen LogP contribution in [-0.2, 0) is 4.79 Å². The Balaban J connectivity index is 1.90. The zero-order chi connectivity index (χ0) is 13.0. The van der Waals surface area contributed by atoms with Gasteiger partial charge in [-0.25, -0.2) is 4.98 Å². The number of hydrogen-bond donors (Lipinski definition) is 1. The number of amides is 1. The lowest BCUT2D eigenvalue weighted by molar-refractivity contribution is -0.122. The number of likely N-dealkylation sites (tertiary alicyclic amines) is 1. The van der Waals surface area contributed by atoms with Crippen molar-refractivity contribution < 1.29 is 9.59 Å². The summed E-state index contributed by atoms with van der Waals surface area (Å²) < 4.78 is 1.93. The molecule has 1 N–H and O–H groups in total. The third-order valence-corrected chi connectivity index (χ3v) is 3.40. The van der Waals surface area contributed by atoms with Crippen LogP contribution in [0.4, 0.5) is 0 Å². The van der Waals surface area contributed by atoms with E-state index in [0.717, 1.165) is 32.2 Å². The standard InChI is InChI=1S/C12H18N4O2/c1-13-12(18)8-15-5-2-10(3-6-15)16-7-4-14-11(16)9-17/h4,7,9-10H,2-3,5-6,8H2,1H3,(H,13,18). The molecule has 0 spiro atoms. The second kappa shape index (κ2) is 5.77. The molecule has 0 aliphatic carbocycles. The van der Waals surface area contributed by atoms with Crippen molar-refractivity contribution in [1.82, 2.24) is 19.8 Å². The predicted molar refractivity (Wildman–Crippen MR) is 66.4 cm³/mol. The zero-order valence-corrected chi connectivity index (χ0v) is 10.5. The van der Waals surface area contributed by atoms with Crippen LogP contribution in [0.15, 0.2) is 12.4 Å². The average molecular weight is 250 g/mol. The van der Waals surface area contributed by atoms with E-state index in [9.17, 15) is 9.59 Å². The minimum atomic E-state index is 0.0460. The molecule has 1 aromatic heterocycles. The number of nitrogens with zero attached hydrogens (tertiary/aromatic N) is 3. The number of aldehydes is 1. The van der Waals surface area contributed by atoms with Crippen LogP contribution in [0.3, 0.4) is 0 Å². The second-order valence-electron chi connectivity index (χ2n) is 4.49. The molecule has 18 heavy (non-hydrogen) atoms. The number of imidazole rings is 1. The van der Waals surface area contributed by atoms with E-state index in [1.54, 1.807) is 13.2 Å². The molecule has 6 nitrogen and oxygen atoms in total. The Morgan fingerprint density at radius 2 is 2.28 bits per heavy atom. The maximum atomic E-state index is 11.3. The highest BCUT2D eigenvalue weighted by Gasteiger charge is 2.22. The summed E-state index contributed by atoms with van der Waals surface area (Å²) in [4.78, 5) is 28.2. The number of aromatic nitrogens is 2. The number of hydrogen-bond acceptors (Lipinski definition) is 4. The minimum Gasteiger partial charge on any atom is -0.358 e. The van der Waals surface area contributed by atoms with Crippen molar-refractivity contribution in [2.75, 3.05) is 26.7 Å². The molecule has 6 heteroatoms. The Bertz CT molecular complexity index is 421. The molecule has 0 aromatic carbocycles. The Morgan fingerprint density at radius 3 is 2.89 bits per heavy atom. The Morgan fingerprint density at radius 1 is 1.56 bits per heavy atom. The average Bonchev–Trinajstić information content (AvgIpc) is 2.87. The van der Waals surface area contributed by atoms with Crippen molar-refractivity contribution in [3.05, 3.63) is 18.2 Å². The lowest BCUT2D eigenvalue weighted by Crippen LogP contribution is -2.41. The summed E-state index contributed by atoms with van der Waals surface area (Å²) in [7, 11) is 1.65. The summed E-state index contributed by atoms with van der Waals surface area (Å²) in [6.45, 7) is 2.19. The van der Waals surface area contributed by atoms with Gasteiger partial charge in [-0.1, -0.05) is 0 Å². The number of nitrogens with one attached hydrogen (secondary N) is 1. The molecule has 2 heterocycles. The number of piperidine rings is 1. The summed E-state index contributed by atoms with van der Waals surface area (Å²) in [5, 5.41) is 2.63. The molecule has 0 radical (unpaired) electrons. The van der Waals surface area contributed by atoms with E-state index in [4.69, 9.17) is 0 Å². The van der Waals surface area contributed by atoms with Gasteiger partial charge in [-0.15, -0.1) is 0 Å². The summed E-state index contributed by atoms with van der Waals surface area (Å²) in [6, 6.07) is 0.314. The van der Waals surface area contributed by atoms with Gasteiger partial charge in [0.1, 0.15) is 0 Å². The van der Waals surface area contributed by atoms with Crippen LogP contribution in [-0.4, -0.2) is 53.3 Å². The van der Waals surface area contributed by atoms with Crippen LogP contribution in [0.5, 0.6) is 0 Å². The van der Waals surface area contributed by atoms with Gasteiger partial charge in [0, 0.05) is 38.6 Å². The van der Waals surface area contributed by atoms with Gasteiger partial charge >= 0.3 is 0 Å². The molecule has 0 saturated carbocycles. The van der Waals surface area contributed by atoms with E-state index < -0.39 is 0 Å². The van der Waals surface area contributed by atoms with Crippen LogP contribution in [0.2, 0.25) is 0 Å². The van der Waals surface area contributed by atoms with E-state index in [-0.39, 0.29) is 5.91 Å². The quantitative estimate of drug-likeness (QED) is 0.768. The maximum absolute atomic E-state index is 11.3. The normalized spacial score (nSPS) is 17.6. The van der Waals surface area contributed by atoms with Crippen molar-refractivity contribution in [3.63, 3.8) is 0 Å². The zero-order valence-electron chi connectivity index (χ0n) is 10.5. The van der Waals surface area contributed by atoms with Crippen molar-refractivity contribution in [2.45, 2.75) is 18.9 Å². The Hall–Kier alpha value is -1.69. The highest BCUT2D eigenvalue weighted by Crippen LogP contribution is 2.22. The van der Waals surface area contributed by atoms with Gasteiger partial charge in [0.15, 0.2) is 12.1 Å². The number of carbonyl (C=O) groups excluding carboxylic acids is 2. The summed E-state index contributed by atoms with van der Waals surface area (Å²) in [6.07, 6.45) is 6.17. The lowest BCUT2D eigenvalue weighted by Gasteiger charge is -2.32. The molecule has 1 fully saturated rings. The van der Waals surface area contributed by atoms with Crippen LogP contribution < -0.4 is 5.32 Å². The van der Waals surface area contributed by atoms with Crippen LogP contribution in [0, 0.1) is 0 Å². The second-order valence-corrected chi connectivity index (χ2v) is 4.49. The molecule has 1 amide bonds.